The number of aryl methyl sites for hydroxylation is 1. The van der Waals surface area contributed by atoms with Crippen LogP contribution >= 0.6 is 0 Å². The maximum absolute atomic E-state index is 13.5. The Morgan fingerprint density at radius 2 is 1.59 bits per heavy atom. The van der Waals surface area contributed by atoms with E-state index in [4.69, 9.17) is 9.47 Å². The minimum absolute atomic E-state index is 0.0670. The van der Waals surface area contributed by atoms with E-state index in [1.54, 1.807) is 60.7 Å². The summed E-state index contributed by atoms with van der Waals surface area (Å²) in [7, 11) is 0. The van der Waals surface area contributed by atoms with Crippen LogP contribution < -0.4 is 9.64 Å². The van der Waals surface area contributed by atoms with Crippen molar-refractivity contribution in [2.45, 2.75) is 13.0 Å². The smallest absolute Gasteiger partial charge is 0.269 e. The number of carbonyl (C=O) groups is 2. The highest BCUT2D eigenvalue weighted by Gasteiger charge is 2.29. The fourth-order valence-electron chi connectivity index (χ4n) is 2.97. The van der Waals surface area contributed by atoms with Gasteiger partial charge in [0.2, 0.25) is 0 Å². The van der Waals surface area contributed by atoms with E-state index >= 15 is 0 Å². The molecular formula is C24H21NO4. The summed E-state index contributed by atoms with van der Waals surface area (Å²) in [5.41, 5.74) is 2.32. The van der Waals surface area contributed by atoms with Crippen LogP contribution in [0.25, 0.3) is 0 Å². The van der Waals surface area contributed by atoms with Crippen molar-refractivity contribution in [1.29, 1.82) is 0 Å². The molecule has 1 unspecified atom stereocenters. The Bertz CT molecular complexity index is 1010. The molecular weight excluding hydrogens is 366 g/mol. The highest BCUT2D eigenvalue weighted by molar-refractivity contribution is 6.26. The van der Waals surface area contributed by atoms with Gasteiger partial charge in [-0.25, -0.2) is 4.90 Å². The highest BCUT2D eigenvalue weighted by atomic mass is 16.6. The lowest BCUT2D eigenvalue weighted by Gasteiger charge is -2.22. The number of nitrogens with zero attached hydrogens (tertiary/aromatic N) is 1. The van der Waals surface area contributed by atoms with E-state index < -0.39 is 5.91 Å². The molecule has 5 nitrogen and oxygen atoms in total. The standard InChI is InChI=1S/C24H21NO4/c1-17-11-13-19(14-12-17)25(23(26)18-7-3-2-4-8-18)24(27)21-9-5-6-10-22(21)29-16-20-15-28-20/h2-14,20H,15-16H2,1H3. The number of hydrogen-bond acceptors (Lipinski definition) is 4. The van der Waals surface area contributed by atoms with Crippen LogP contribution in [0.1, 0.15) is 26.3 Å². The summed E-state index contributed by atoms with van der Waals surface area (Å²) in [6.07, 6.45) is 0.0670. The molecule has 1 aliphatic rings. The Kier molecular flexibility index (Phi) is 5.40. The second-order valence-corrected chi connectivity index (χ2v) is 6.91. The lowest BCUT2D eigenvalue weighted by Crippen LogP contribution is -2.37. The molecule has 1 atom stereocenters. The number of ether oxygens (including phenoxy) is 2. The SMILES string of the molecule is Cc1ccc(N(C(=O)c2ccccc2)C(=O)c2ccccc2OCC2CO2)cc1. The van der Waals surface area contributed by atoms with Crippen molar-refractivity contribution >= 4 is 17.5 Å². The van der Waals surface area contributed by atoms with Gasteiger partial charge < -0.3 is 9.47 Å². The van der Waals surface area contributed by atoms with Crippen LogP contribution in [0.5, 0.6) is 5.75 Å². The van der Waals surface area contributed by atoms with Gasteiger partial charge in [-0.15, -0.1) is 0 Å². The Hall–Kier alpha value is -3.44. The first-order valence-electron chi connectivity index (χ1n) is 9.47. The van der Waals surface area contributed by atoms with Gasteiger partial charge in [0.05, 0.1) is 17.9 Å². The lowest BCUT2D eigenvalue weighted by atomic mass is 10.1. The van der Waals surface area contributed by atoms with Gasteiger partial charge in [-0.1, -0.05) is 48.0 Å². The lowest BCUT2D eigenvalue weighted by molar-refractivity contribution is 0.0895. The third-order valence-electron chi connectivity index (χ3n) is 4.66. The molecule has 29 heavy (non-hydrogen) atoms. The van der Waals surface area contributed by atoms with Crippen molar-refractivity contribution in [2.75, 3.05) is 18.1 Å². The first-order chi connectivity index (χ1) is 14.1. The van der Waals surface area contributed by atoms with Gasteiger partial charge in [0.15, 0.2) is 0 Å². The predicted molar refractivity (Wildman–Crippen MR) is 110 cm³/mol. The van der Waals surface area contributed by atoms with E-state index in [2.05, 4.69) is 0 Å². The van der Waals surface area contributed by atoms with Crippen LogP contribution in [0.4, 0.5) is 5.69 Å². The van der Waals surface area contributed by atoms with Crippen LogP contribution in [0, 0.1) is 6.92 Å². The fourth-order valence-corrected chi connectivity index (χ4v) is 2.97. The number of epoxide rings is 1. The first-order valence-corrected chi connectivity index (χ1v) is 9.47. The van der Waals surface area contributed by atoms with Crippen molar-refractivity contribution in [3.05, 3.63) is 95.6 Å². The van der Waals surface area contributed by atoms with E-state index in [9.17, 15) is 9.59 Å². The van der Waals surface area contributed by atoms with Crippen LogP contribution in [0.3, 0.4) is 0 Å². The Morgan fingerprint density at radius 3 is 2.28 bits per heavy atom. The maximum Gasteiger partial charge on any atom is 0.269 e. The number of anilines is 1. The molecule has 3 aromatic rings. The number of imide groups is 1. The summed E-state index contributed by atoms with van der Waals surface area (Å²) in [4.78, 5) is 28.0. The maximum atomic E-state index is 13.5. The average molecular weight is 387 g/mol. The summed E-state index contributed by atoms with van der Waals surface area (Å²) >= 11 is 0. The van der Waals surface area contributed by atoms with E-state index in [1.807, 2.05) is 25.1 Å². The molecule has 1 heterocycles. The molecule has 146 valence electrons. The minimum Gasteiger partial charge on any atom is -0.490 e. The number of benzene rings is 3. The quantitative estimate of drug-likeness (QED) is 0.468. The van der Waals surface area contributed by atoms with Gasteiger partial charge in [0.1, 0.15) is 18.5 Å². The summed E-state index contributed by atoms with van der Waals surface area (Å²) in [6.45, 7) is 3.00. The fraction of sp³-hybridized carbons (Fsp3) is 0.167. The topological polar surface area (TPSA) is 59.1 Å². The second kappa shape index (κ2) is 8.29. The van der Waals surface area contributed by atoms with E-state index in [0.29, 0.717) is 35.8 Å². The number of carbonyl (C=O) groups excluding carboxylic acids is 2. The summed E-state index contributed by atoms with van der Waals surface area (Å²) in [5, 5.41) is 0. The van der Waals surface area contributed by atoms with Crippen molar-refractivity contribution in [1.82, 2.24) is 0 Å². The number of para-hydroxylation sites is 1. The van der Waals surface area contributed by atoms with Gasteiger partial charge >= 0.3 is 0 Å². The monoisotopic (exact) mass is 387 g/mol. The van der Waals surface area contributed by atoms with E-state index in [1.165, 1.54) is 4.90 Å². The van der Waals surface area contributed by atoms with Crippen LogP contribution in [0.15, 0.2) is 78.9 Å². The third kappa shape index (κ3) is 4.36. The molecule has 0 spiro atoms. The van der Waals surface area contributed by atoms with Crippen molar-refractivity contribution < 1.29 is 19.1 Å². The molecule has 1 saturated heterocycles. The second-order valence-electron chi connectivity index (χ2n) is 6.91. The van der Waals surface area contributed by atoms with E-state index in [-0.39, 0.29) is 12.0 Å². The van der Waals surface area contributed by atoms with Crippen molar-refractivity contribution in [3.63, 3.8) is 0 Å². The summed E-state index contributed by atoms with van der Waals surface area (Å²) in [5.74, 6) is -0.388. The number of hydrogen-bond donors (Lipinski definition) is 0. The molecule has 4 rings (SSSR count). The first kappa shape index (κ1) is 18.9. The zero-order valence-corrected chi connectivity index (χ0v) is 16.1. The van der Waals surface area contributed by atoms with Crippen LogP contribution in [0.2, 0.25) is 0 Å². The molecule has 3 aromatic carbocycles. The van der Waals surface area contributed by atoms with Gasteiger partial charge in [-0.3, -0.25) is 9.59 Å². The minimum atomic E-state index is -0.435. The Morgan fingerprint density at radius 1 is 0.931 bits per heavy atom. The zero-order chi connectivity index (χ0) is 20.2. The van der Waals surface area contributed by atoms with Gasteiger partial charge in [-0.2, -0.15) is 0 Å². The molecule has 0 bridgehead atoms. The molecule has 5 heteroatoms. The van der Waals surface area contributed by atoms with E-state index in [0.717, 1.165) is 5.56 Å². The van der Waals surface area contributed by atoms with Gasteiger partial charge in [-0.05, 0) is 43.3 Å². The molecule has 0 radical (unpaired) electrons. The molecule has 0 aliphatic carbocycles. The third-order valence-corrected chi connectivity index (χ3v) is 4.66. The molecule has 1 aliphatic heterocycles. The summed E-state index contributed by atoms with van der Waals surface area (Å²) < 4.78 is 11.0. The van der Waals surface area contributed by atoms with Crippen LogP contribution in [-0.2, 0) is 4.74 Å². The van der Waals surface area contributed by atoms with Crippen LogP contribution in [-0.4, -0.2) is 31.1 Å². The Labute approximate surface area is 169 Å². The van der Waals surface area contributed by atoms with Gasteiger partial charge in [0.25, 0.3) is 11.8 Å². The largest absolute Gasteiger partial charge is 0.490 e. The predicted octanol–water partition coefficient (Wildman–Crippen LogP) is 4.26. The molecule has 0 saturated carbocycles. The van der Waals surface area contributed by atoms with Gasteiger partial charge in [0, 0.05) is 5.56 Å². The summed E-state index contributed by atoms with van der Waals surface area (Å²) in [6, 6.07) is 23.0. The Balaban J connectivity index is 1.72. The molecule has 0 N–H and O–H groups in total. The zero-order valence-electron chi connectivity index (χ0n) is 16.1. The molecule has 0 aromatic heterocycles. The van der Waals surface area contributed by atoms with Crippen molar-refractivity contribution in [3.8, 4) is 5.75 Å². The number of rotatable bonds is 6. The molecule has 1 fully saturated rings. The number of amides is 2. The normalized spacial score (nSPS) is 14.9. The average Bonchev–Trinajstić information content (AvgIpc) is 3.59. The highest BCUT2D eigenvalue weighted by Crippen LogP contribution is 2.26. The van der Waals surface area contributed by atoms with Crippen molar-refractivity contribution in [2.24, 2.45) is 0 Å². The molecule has 2 amide bonds.